The number of fused-ring (bicyclic) bond motifs is 2. The third kappa shape index (κ3) is 1.35. The second kappa shape index (κ2) is 3.65. The maximum Gasteiger partial charge on any atom is 0.163 e. The van der Waals surface area contributed by atoms with Gasteiger partial charge in [0.25, 0.3) is 0 Å². The molecule has 0 bridgehead atoms. The molecule has 0 aliphatic carbocycles. The van der Waals surface area contributed by atoms with Crippen LogP contribution in [0.25, 0.3) is 11.0 Å². The minimum atomic E-state index is 0.770. The van der Waals surface area contributed by atoms with E-state index in [1.165, 1.54) is 0 Å². The van der Waals surface area contributed by atoms with Crippen molar-refractivity contribution in [3.05, 3.63) is 12.5 Å². The van der Waals surface area contributed by atoms with E-state index in [1.807, 2.05) is 13.2 Å². The molecule has 94 valence electrons. The lowest BCUT2D eigenvalue weighted by Gasteiger charge is -2.18. The maximum atomic E-state index is 4.47. The summed E-state index contributed by atoms with van der Waals surface area (Å²) in [7, 11) is 1.92. The van der Waals surface area contributed by atoms with E-state index in [1.54, 1.807) is 11.0 Å². The fourth-order valence-corrected chi connectivity index (χ4v) is 3.23. The monoisotopic (exact) mass is 244 g/mol. The van der Waals surface area contributed by atoms with Crippen molar-refractivity contribution in [1.82, 2.24) is 25.1 Å². The van der Waals surface area contributed by atoms with Gasteiger partial charge in [-0.3, -0.25) is 4.68 Å². The predicted molar refractivity (Wildman–Crippen MR) is 68.4 cm³/mol. The summed E-state index contributed by atoms with van der Waals surface area (Å²) < 4.78 is 1.80. The van der Waals surface area contributed by atoms with Gasteiger partial charge in [0.05, 0.1) is 11.6 Å². The SMILES string of the molecule is Cn1ncc2c(N3CC4CNCC4C3)ncnc21. The molecule has 0 radical (unpaired) electrons. The minimum absolute atomic E-state index is 0.770. The molecule has 18 heavy (non-hydrogen) atoms. The first-order chi connectivity index (χ1) is 8.83. The van der Waals surface area contributed by atoms with Crippen LogP contribution in [0.3, 0.4) is 0 Å². The molecular formula is C12H16N6. The van der Waals surface area contributed by atoms with Crippen LogP contribution in [0, 0.1) is 11.8 Å². The van der Waals surface area contributed by atoms with E-state index in [0.29, 0.717) is 0 Å². The first-order valence-corrected chi connectivity index (χ1v) is 6.41. The summed E-state index contributed by atoms with van der Waals surface area (Å²) >= 11 is 0. The Bertz CT molecular complexity index is 579. The van der Waals surface area contributed by atoms with Gasteiger partial charge in [0.1, 0.15) is 12.1 Å². The lowest BCUT2D eigenvalue weighted by molar-refractivity contribution is 0.533. The molecule has 2 aliphatic heterocycles. The Morgan fingerprint density at radius 2 is 2.00 bits per heavy atom. The van der Waals surface area contributed by atoms with Crippen LogP contribution in [-0.4, -0.2) is 45.9 Å². The summed E-state index contributed by atoms with van der Waals surface area (Å²) in [5.41, 5.74) is 0.912. The molecular weight excluding hydrogens is 228 g/mol. The Morgan fingerprint density at radius 1 is 1.22 bits per heavy atom. The number of aromatic nitrogens is 4. The first kappa shape index (κ1) is 10.3. The normalized spacial score (nSPS) is 27.1. The van der Waals surface area contributed by atoms with Crippen molar-refractivity contribution < 1.29 is 0 Å². The summed E-state index contributed by atoms with van der Waals surface area (Å²) in [4.78, 5) is 11.2. The van der Waals surface area contributed by atoms with Crippen LogP contribution in [0.1, 0.15) is 0 Å². The molecule has 2 aromatic rings. The summed E-state index contributed by atoms with van der Waals surface area (Å²) in [5.74, 6) is 2.58. The van der Waals surface area contributed by atoms with Crippen molar-refractivity contribution in [3.63, 3.8) is 0 Å². The number of nitrogens with zero attached hydrogens (tertiary/aromatic N) is 5. The fourth-order valence-electron chi connectivity index (χ4n) is 3.23. The molecule has 0 spiro atoms. The summed E-state index contributed by atoms with van der Waals surface area (Å²) in [6.07, 6.45) is 3.52. The largest absolute Gasteiger partial charge is 0.355 e. The van der Waals surface area contributed by atoms with E-state index in [9.17, 15) is 0 Å². The zero-order chi connectivity index (χ0) is 12.1. The van der Waals surface area contributed by atoms with Gasteiger partial charge in [-0.1, -0.05) is 0 Å². The van der Waals surface area contributed by atoms with Crippen LogP contribution in [0.15, 0.2) is 12.5 Å². The molecule has 0 aromatic carbocycles. The second-order valence-corrected chi connectivity index (χ2v) is 5.29. The van der Waals surface area contributed by atoms with Gasteiger partial charge in [-0.15, -0.1) is 0 Å². The van der Waals surface area contributed by atoms with E-state index in [2.05, 4.69) is 25.3 Å². The second-order valence-electron chi connectivity index (χ2n) is 5.29. The van der Waals surface area contributed by atoms with E-state index in [-0.39, 0.29) is 0 Å². The van der Waals surface area contributed by atoms with Gasteiger partial charge in [0.15, 0.2) is 5.65 Å². The van der Waals surface area contributed by atoms with Crippen molar-refractivity contribution in [2.45, 2.75) is 0 Å². The highest BCUT2D eigenvalue weighted by molar-refractivity contribution is 5.86. The van der Waals surface area contributed by atoms with Gasteiger partial charge in [-0.05, 0) is 11.8 Å². The topological polar surface area (TPSA) is 58.9 Å². The van der Waals surface area contributed by atoms with Gasteiger partial charge < -0.3 is 10.2 Å². The number of hydrogen-bond donors (Lipinski definition) is 1. The first-order valence-electron chi connectivity index (χ1n) is 6.41. The number of nitrogens with one attached hydrogen (secondary N) is 1. The molecule has 6 nitrogen and oxygen atoms in total. The standard InChI is InChI=1S/C12H16N6/c1-17-11-10(4-16-17)12(15-7-14-11)18-5-8-2-13-3-9(8)6-18/h4,7-9,13H,2-3,5-6H2,1H3. The molecule has 1 N–H and O–H groups in total. The average molecular weight is 244 g/mol. The summed E-state index contributed by atoms with van der Waals surface area (Å²) in [6.45, 7) is 4.47. The average Bonchev–Trinajstić information content (AvgIpc) is 3.03. The Balaban J connectivity index is 1.75. The van der Waals surface area contributed by atoms with Crippen molar-refractivity contribution in [2.75, 3.05) is 31.1 Å². The van der Waals surface area contributed by atoms with Crippen LogP contribution in [-0.2, 0) is 7.05 Å². The van der Waals surface area contributed by atoms with Crippen molar-refractivity contribution in [3.8, 4) is 0 Å². The molecule has 2 aliphatic rings. The van der Waals surface area contributed by atoms with Gasteiger partial charge in [0.2, 0.25) is 0 Å². The molecule has 0 saturated carbocycles. The quantitative estimate of drug-likeness (QED) is 0.766. The van der Waals surface area contributed by atoms with E-state index in [0.717, 1.165) is 54.9 Å². The number of rotatable bonds is 1. The smallest absolute Gasteiger partial charge is 0.163 e. The molecule has 2 aromatic heterocycles. The van der Waals surface area contributed by atoms with Crippen LogP contribution in [0.5, 0.6) is 0 Å². The van der Waals surface area contributed by atoms with E-state index < -0.39 is 0 Å². The zero-order valence-electron chi connectivity index (χ0n) is 10.4. The molecule has 2 atom stereocenters. The summed E-state index contributed by atoms with van der Waals surface area (Å²) in [6, 6.07) is 0. The third-order valence-electron chi connectivity index (χ3n) is 4.20. The highest BCUT2D eigenvalue weighted by atomic mass is 15.3. The van der Waals surface area contributed by atoms with Crippen LogP contribution in [0.4, 0.5) is 5.82 Å². The fraction of sp³-hybridized carbons (Fsp3) is 0.583. The highest BCUT2D eigenvalue weighted by Crippen LogP contribution is 2.32. The molecule has 2 fully saturated rings. The molecule has 6 heteroatoms. The molecule has 4 rings (SSSR count). The Hall–Kier alpha value is -1.69. The van der Waals surface area contributed by atoms with Crippen molar-refractivity contribution >= 4 is 16.9 Å². The lowest BCUT2D eigenvalue weighted by atomic mass is 10.0. The third-order valence-corrected chi connectivity index (χ3v) is 4.20. The van der Waals surface area contributed by atoms with Gasteiger partial charge in [-0.2, -0.15) is 5.10 Å². The van der Waals surface area contributed by atoms with E-state index in [4.69, 9.17) is 0 Å². The van der Waals surface area contributed by atoms with Crippen LogP contribution < -0.4 is 10.2 Å². The molecule has 2 saturated heterocycles. The summed E-state index contributed by atoms with van der Waals surface area (Å²) in [5, 5.41) is 8.80. The molecule has 2 unspecified atom stereocenters. The van der Waals surface area contributed by atoms with Crippen molar-refractivity contribution in [1.29, 1.82) is 0 Å². The molecule has 0 amide bonds. The Kier molecular flexibility index (Phi) is 2.08. The molecule has 4 heterocycles. The van der Waals surface area contributed by atoms with Crippen LogP contribution >= 0.6 is 0 Å². The number of anilines is 1. The van der Waals surface area contributed by atoms with E-state index >= 15 is 0 Å². The van der Waals surface area contributed by atoms with Gasteiger partial charge >= 0.3 is 0 Å². The van der Waals surface area contributed by atoms with Gasteiger partial charge in [-0.25, -0.2) is 9.97 Å². The Labute approximate surface area is 105 Å². The Morgan fingerprint density at radius 3 is 2.78 bits per heavy atom. The maximum absolute atomic E-state index is 4.47. The minimum Gasteiger partial charge on any atom is -0.355 e. The number of hydrogen-bond acceptors (Lipinski definition) is 5. The lowest BCUT2D eigenvalue weighted by Crippen LogP contribution is -2.26. The van der Waals surface area contributed by atoms with Gasteiger partial charge in [0, 0.05) is 33.2 Å². The zero-order valence-corrected chi connectivity index (χ0v) is 10.4. The predicted octanol–water partition coefficient (Wildman–Crippen LogP) is 0.0189. The van der Waals surface area contributed by atoms with Crippen molar-refractivity contribution in [2.24, 2.45) is 18.9 Å². The van der Waals surface area contributed by atoms with Crippen LogP contribution in [0.2, 0.25) is 0 Å². The number of aryl methyl sites for hydroxylation is 1. The highest BCUT2D eigenvalue weighted by Gasteiger charge is 2.37.